The molecule has 0 radical (unpaired) electrons. The van der Waals surface area contributed by atoms with Crippen molar-refractivity contribution in [1.82, 2.24) is 0 Å². The van der Waals surface area contributed by atoms with Crippen LogP contribution in [0, 0.1) is 32.8 Å². The van der Waals surface area contributed by atoms with Gasteiger partial charge in [-0.3, -0.25) is 0 Å². The number of benzene rings is 3. The monoisotopic (exact) mass is 482 g/mol. The van der Waals surface area contributed by atoms with E-state index in [0.29, 0.717) is 0 Å². The van der Waals surface area contributed by atoms with Crippen molar-refractivity contribution in [2.45, 2.75) is 46.0 Å². The molecule has 1 unspecified atom stereocenters. The smallest absolute Gasteiger partial charge is 0.249 e. The average Bonchev–Trinajstić information content (AvgIpc) is 3.17. The molecule has 1 heteroatoms. The molecule has 0 aromatic heterocycles. The molecular weight excluding hydrogens is 444 g/mol. The maximum atomic E-state index is 3.72. The van der Waals surface area contributed by atoms with Crippen LogP contribution in [0.15, 0.2) is 108 Å². The SMILES string of the molecule is CCC1C(C)=[C-]C2=C1CCCC2.[CH2-]c1ccccc1.[CH2-]c1ccccc1.[CH2-]c1ccccc1.[Ti+4]. The van der Waals surface area contributed by atoms with E-state index in [0.717, 1.165) is 22.6 Å². The van der Waals surface area contributed by atoms with Crippen LogP contribution in [0.2, 0.25) is 0 Å². The third-order valence-electron chi connectivity index (χ3n) is 5.74. The van der Waals surface area contributed by atoms with Crippen LogP contribution in [0.4, 0.5) is 0 Å². The summed E-state index contributed by atoms with van der Waals surface area (Å²) in [6.07, 6.45) is 10.3. The Hall–Kier alpha value is -2.54. The molecule has 3 aromatic carbocycles. The second-order valence-electron chi connectivity index (χ2n) is 8.44. The zero-order chi connectivity index (χ0) is 23.9. The first-order valence-electron chi connectivity index (χ1n) is 11.9. The van der Waals surface area contributed by atoms with Crippen LogP contribution in [0.3, 0.4) is 0 Å². The molecule has 2 aliphatic carbocycles. The van der Waals surface area contributed by atoms with Gasteiger partial charge in [0, 0.05) is 0 Å². The average molecular weight is 483 g/mol. The zero-order valence-corrected chi connectivity index (χ0v) is 22.5. The number of hydrogen-bond acceptors (Lipinski definition) is 0. The first kappa shape index (κ1) is 29.5. The van der Waals surface area contributed by atoms with Gasteiger partial charge >= 0.3 is 21.7 Å². The van der Waals surface area contributed by atoms with Crippen molar-refractivity contribution in [2.75, 3.05) is 0 Å². The molecule has 1 atom stereocenters. The molecule has 0 nitrogen and oxygen atoms in total. The van der Waals surface area contributed by atoms with Crippen molar-refractivity contribution in [1.29, 1.82) is 0 Å². The largest absolute Gasteiger partial charge is 4.00 e. The summed E-state index contributed by atoms with van der Waals surface area (Å²) < 4.78 is 0. The van der Waals surface area contributed by atoms with Gasteiger partial charge in [0.2, 0.25) is 0 Å². The first-order valence-corrected chi connectivity index (χ1v) is 11.9. The van der Waals surface area contributed by atoms with Gasteiger partial charge in [0.05, 0.1) is 0 Å². The van der Waals surface area contributed by atoms with E-state index in [1.54, 1.807) is 11.1 Å². The maximum Gasteiger partial charge on any atom is 4.00 e. The van der Waals surface area contributed by atoms with Crippen molar-refractivity contribution in [2.24, 2.45) is 5.92 Å². The summed E-state index contributed by atoms with van der Waals surface area (Å²) in [7, 11) is 0. The van der Waals surface area contributed by atoms with Crippen LogP contribution in [-0.2, 0) is 21.7 Å². The first-order chi connectivity index (χ1) is 16.0. The Morgan fingerprint density at radius 2 is 1.06 bits per heavy atom. The summed E-state index contributed by atoms with van der Waals surface area (Å²) in [6, 6.07) is 29.6. The van der Waals surface area contributed by atoms with E-state index in [1.807, 2.05) is 91.0 Å². The molecular formula is C33H38Ti. The normalized spacial score (nSPS) is 15.5. The van der Waals surface area contributed by atoms with Gasteiger partial charge in [0.15, 0.2) is 0 Å². The van der Waals surface area contributed by atoms with Gasteiger partial charge in [-0.05, 0) is 0 Å². The molecule has 2 aliphatic rings. The third-order valence-corrected chi connectivity index (χ3v) is 5.74. The van der Waals surface area contributed by atoms with Crippen molar-refractivity contribution in [3.05, 3.63) is 151 Å². The van der Waals surface area contributed by atoms with E-state index in [-0.39, 0.29) is 21.7 Å². The van der Waals surface area contributed by atoms with Gasteiger partial charge in [-0.1, -0.05) is 70.1 Å². The Balaban J connectivity index is 0.000000233. The third kappa shape index (κ3) is 11.1. The van der Waals surface area contributed by atoms with Crippen LogP contribution in [-0.4, -0.2) is 0 Å². The number of rotatable bonds is 1. The fourth-order valence-corrected chi connectivity index (χ4v) is 4.03. The molecule has 0 heterocycles. The van der Waals surface area contributed by atoms with E-state index in [4.69, 9.17) is 0 Å². The van der Waals surface area contributed by atoms with Crippen LogP contribution in [0.1, 0.15) is 62.6 Å². The summed E-state index contributed by atoms with van der Waals surface area (Å²) in [5, 5.41) is 0. The van der Waals surface area contributed by atoms with E-state index in [1.165, 1.54) is 37.7 Å². The predicted molar refractivity (Wildman–Crippen MR) is 144 cm³/mol. The summed E-state index contributed by atoms with van der Waals surface area (Å²) in [5.74, 6) is 0.764. The fourth-order valence-electron chi connectivity index (χ4n) is 4.03. The quantitative estimate of drug-likeness (QED) is 0.239. The molecule has 0 saturated heterocycles. The summed E-state index contributed by atoms with van der Waals surface area (Å²) in [4.78, 5) is 0. The molecule has 3 aromatic rings. The molecule has 0 spiro atoms. The molecule has 0 N–H and O–H groups in total. The Morgan fingerprint density at radius 3 is 1.38 bits per heavy atom. The maximum absolute atomic E-state index is 3.72. The topological polar surface area (TPSA) is 0 Å². The number of hydrogen-bond donors (Lipinski definition) is 0. The molecule has 174 valence electrons. The van der Waals surface area contributed by atoms with E-state index in [9.17, 15) is 0 Å². The van der Waals surface area contributed by atoms with Crippen LogP contribution >= 0.6 is 0 Å². The molecule has 34 heavy (non-hydrogen) atoms. The summed E-state index contributed by atoms with van der Waals surface area (Å²) in [6.45, 7) is 15.7. The van der Waals surface area contributed by atoms with Crippen LogP contribution < -0.4 is 0 Å². The minimum absolute atomic E-state index is 0. The predicted octanol–water partition coefficient (Wildman–Crippen LogP) is 9.25. The van der Waals surface area contributed by atoms with Crippen molar-refractivity contribution >= 4 is 0 Å². The summed E-state index contributed by atoms with van der Waals surface area (Å²) >= 11 is 0. The molecule has 5 rings (SSSR count). The van der Waals surface area contributed by atoms with E-state index < -0.39 is 0 Å². The Kier molecular flexibility index (Phi) is 14.7. The minimum Gasteiger partial charge on any atom is -0.249 e. The molecule has 0 fully saturated rings. The Morgan fingerprint density at radius 1 is 0.676 bits per heavy atom. The van der Waals surface area contributed by atoms with Gasteiger partial charge in [-0.2, -0.15) is 79.4 Å². The van der Waals surface area contributed by atoms with Gasteiger partial charge in [-0.15, -0.1) is 36.4 Å². The zero-order valence-electron chi connectivity index (χ0n) is 20.9. The van der Waals surface area contributed by atoms with Gasteiger partial charge < -0.3 is 0 Å². The fraction of sp³-hybridized carbons (Fsp3) is 0.242. The standard InChI is InChI=1S/C12H17.3C7H7.Ti/c1-3-11-9(2)8-10-6-4-5-7-12(10)11;3*1-7-5-3-2-4-6-7;/h11H,3-7H2,1-2H3;3*2-6H,1H2;/q4*-1;+4. The summed E-state index contributed by atoms with van der Waals surface area (Å²) in [5.41, 5.74) is 7.99. The van der Waals surface area contributed by atoms with Crippen molar-refractivity contribution in [3.63, 3.8) is 0 Å². The Labute approximate surface area is 224 Å². The molecule has 0 saturated carbocycles. The van der Waals surface area contributed by atoms with Crippen LogP contribution in [0.25, 0.3) is 0 Å². The molecule has 0 bridgehead atoms. The molecule has 0 amide bonds. The van der Waals surface area contributed by atoms with E-state index in [2.05, 4.69) is 40.7 Å². The van der Waals surface area contributed by atoms with Crippen molar-refractivity contribution < 1.29 is 21.7 Å². The second-order valence-corrected chi connectivity index (χ2v) is 8.44. The second kappa shape index (κ2) is 17.0. The Bertz CT molecular complexity index is 880. The van der Waals surface area contributed by atoms with E-state index >= 15 is 0 Å². The van der Waals surface area contributed by atoms with Gasteiger partial charge in [0.1, 0.15) is 0 Å². The van der Waals surface area contributed by atoms with Gasteiger partial charge in [0.25, 0.3) is 0 Å². The minimum atomic E-state index is 0. The van der Waals surface area contributed by atoms with Crippen molar-refractivity contribution in [3.8, 4) is 0 Å². The van der Waals surface area contributed by atoms with Gasteiger partial charge in [-0.25, -0.2) is 17.2 Å². The number of allylic oxidation sites excluding steroid dienone is 4. The molecule has 0 aliphatic heterocycles. The van der Waals surface area contributed by atoms with Crippen LogP contribution in [0.5, 0.6) is 0 Å².